The van der Waals surface area contributed by atoms with Crippen LogP contribution in [0.1, 0.15) is 0 Å². The fourth-order valence-electron chi connectivity index (χ4n) is 10.4. The summed E-state index contributed by atoms with van der Waals surface area (Å²) in [6.07, 6.45) is 0. The first-order valence-corrected chi connectivity index (χ1v) is 23.0. The average Bonchev–Trinajstić information content (AvgIpc) is 3.94. The van der Waals surface area contributed by atoms with Crippen molar-refractivity contribution in [2.75, 3.05) is 0 Å². The molecule has 0 aliphatic rings. The van der Waals surface area contributed by atoms with Crippen LogP contribution in [0.4, 0.5) is 0 Å². The Balaban J connectivity index is 0.990. The highest BCUT2D eigenvalue weighted by atomic mass is 16.3. The highest BCUT2D eigenvalue weighted by molar-refractivity contribution is 6.16. The smallest absolute Gasteiger partial charge is 0.164 e. The molecule has 3 aromatic heterocycles. The van der Waals surface area contributed by atoms with E-state index in [1.165, 1.54) is 37.9 Å². The molecule has 0 unspecified atom stereocenters. The molecule has 68 heavy (non-hydrogen) atoms. The van der Waals surface area contributed by atoms with Gasteiger partial charge in [0.15, 0.2) is 17.5 Å². The molecule has 11 aromatic carbocycles. The van der Waals surface area contributed by atoms with Crippen molar-refractivity contribution in [2.45, 2.75) is 0 Å². The predicted octanol–water partition coefficient (Wildman–Crippen LogP) is 16.7. The third-order valence-corrected chi connectivity index (χ3v) is 13.6. The molecule has 0 spiro atoms. The minimum absolute atomic E-state index is 0.573. The standard InChI is InChI=1S/C63H38N4O/c1-2-15-41(16-3-1)52-37-54-59(38-57(52)67-55-26-11-10-23-50(55)53-35-45-19-6-7-20-46(45)36-56(53)67)68-58-27-13-25-51(60(54)58)63-65-61(64-62(66-63)47-33-28-39-14-4-5-18-44(39)34-47)43-31-29-42(30-32-43)49-24-12-21-40-17-8-9-22-48(40)49/h1-38H. The zero-order valence-electron chi connectivity index (χ0n) is 36.6. The van der Waals surface area contributed by atoms with E-state index in [1.54, 1.807) is 0 Å². The first-order chi connectivity index (χ1) is 33.7. The van der Waals surface area contributed by atoms with Crippen LogP contribution in [0.3, 0.4) is 0 Å². The van der Waals surface area contributed by atoms with Crippen LogP contribution in [-0.2, 0) is 0 Å². The summed E-state index contributed by atoms with van der Waals surface area (Å²) in [6.45, 7) is 0. The van der Waals surface area contributed by atoms with Gasteiger partial charge < -0.3 is 8.98 Å². The van der Waals surface area contributed by atoms with E-state index in [9.17, 15) is 0 Å². The lowest BCUT2D eigenvalue weighted by Crippen LogP contribution is -2.00. The number of rotatable bonds is 6. The molecule has 5 nitrogen and oxygen atoms in total. The Morgan fingerprint density at radius 3 is 1.71 bits per heavy atom. The first kappa shape index (κ1) is 38.1. The lowest BCUT2D eigenvalue weighted by Gasteiger charge is -2.15. The Morgan fingerprint density at radius 2 is 0.882 bits per heavy atom. The lowest BCUT2D eigenvalue weighted by atomic mass is 9.97. The van der Waals surface area contributed by atoms with Crippen LogP contribution >= 0.6 is 0 Å². The number of furan rings is 1. The SMILES string of the molecule is c1ccc(-c2cc3c(cc2-n2c4ccccc4c4cc5ccccc5cc42)oc2cccc(-c4nc(-c5ccc(-c6cccc7ccccc67)cc5)nc(-c5ccc6ccccc6c5)n4)c23)cc1. The van der Waals surface area contributed by atoms with E-state index in [0.717, 1.165) is 82.8 Å². The third-order valence-electron chi connectivity index (χ3n) is 13.6. The van der Waals surface area contributed by atoms with E-state index in [-0.39, 0.29) is 0 Å². The van der Waals surface area contributed by atoms with E-state index < -0.39 is 0 Å². The highest BCUT2D eigenvalue weighted by Gasteiger charge is 2.23. The molecular formula is C63H38N4O. The molecule has 0 bridgehead atoms. The molecule has 0 saturated heterocycles. The van der Waals surface area contributed by atoms with E-state index >= 15 is 0 Å². The maximum absolute atomic E-state index is 6.92. The van der Waals surface area contributed by atoms with Crippen molar-refractivity contribution < 1.29 is 4.42 Å². The molecule has 0 N–H and O–H groups in total. The minimum Gasteiger partial charge on any atom is -0.456 e. The molecule has 0 atom stereocenters. The maximum Gasteiger partial charge on any atom is 0.164 e. The Kier molecular flexibility index (Phi) is 8.52. The average molecular weight is 867 g/mol. The second-order valence-corrected chi connectivity index (χ2v) is 17.6. The molecule has 14 aromatic rings. The summed E-state index contributed by atoms with van der Waals surface area (Å²) in [6, 6.07) is 81.7. The van der Waals surface area contributed by atoms with Gasteiger partial charge >= 0.3 is 0 Å². The van der Waals surface area contributed by atoms with Crippen LogP contribution in [0.15, 0.2) is 235 Å². The number of hydrogen-bond donors (Lipinski definition) is 0. The number of hydrogen-bond acceptors (Lipinski definition) is 4. The first-order valence-electron chi connectivity index (χ1n) is 23.0. The number of aromatic nitrogens is 4. The zero-order valence-corrected chi connectivity index (χ0v) is 36.6. The Bertz CT molecular complexity index is 4310. The summed E-state index contributed by atoms with van der Waals surface area (Å²) in [4.78, 5) is 15.8. The van der Waals surface area contributed by atoms with Crippen LogP contribution in [0.2, 0.25) is 0 Å². The molecule has 0 aliphatic carbocycles. The number of para-hydroxylation sites is 1. The molecule has 3 heterocycles. The summed E-state index contributed by atoms with van der Waals surface area (Å²) >= 11 is 0. The second kappa shape index (κ2) is 15.2. The van der Waals surface area contributed by atoms with Gasteiger partial charge in [-0.3, -0.25) is 0 Å². The zero-order chi connectivity index (χ0) is 44.7. The molecule has 316 valence electrons. The largest absolute Gasteiger partial charge is 0.456 e. The molecule has 0 radical (unpaired) electrons. The van der Waals surface area contributed by atoms with Crippen molar-refractivity contribution in [3.8, 4) is 62.1 Å². The van der Waals surface area contributed by atoms with Crippen molar-refractivity contribution in [1.29, 1.82) is 0 Å². The Labute approximate surface area is 390 Å². The molecule has 14 rings (SSSR count). The van der Waals surface area contributed by atoms with Gasteiger partial charge in [-0.1, -0.05) is 188 Å². The lowest BCUT2D eigenvalue weighted by molar-refractivity contribution is 0.668. The van der Waals surface area contributed by atoms with Crippen molar-refractivity contribution in [2.24, 2.45) is 0 Å². The van der Waals surface area contributed by atoms with E-state index in [1.807, 2.05) is 12.1 Å². The molecule has 0 saturated carbocycles. The van der Waals surface area contributed by atoms with Gasteiger partial charge in [-0.25, -0.2) is 15.0 Å². The van der Waals surface area contributed by atoms with Crippen LogP contribution in [0.25, 0.3) is 138 Å². The van der Waals surface area contributed by atoms with E-state index in [4.69, 9.17) is 19.4 Å². The normalized spacial score (nSPS) is 11.8. The van der Waals surface area contributed by atoms with Crippen LogP contribution in [0.5, 0.6) is 0 Å². The van der Waals surface area contributed by atoms with Crippen molar-refractivity contribution in [3.63, 3.8) is 0 Å². The van der Waals surface area contributed by atoms with Crippen LogP contribution < -0.4 is 0 Å². The van der Waals surface area contributed by atoms with E-state index in [0.29, 0.717) is 17.5 Å². The Hall–Kier alpha value is -9.19. The van der Waals surface area contributed by atoms with E-state index in [2.05, 4.69) is 223 Å². The van der Waals surface area contributed by atoms with Crippen LogP contribution in [0, 0.1) is 0 Å². The van der Waals surface area contributed by atoms with Gasteiger partial charge in [-0.2, -0.15) is 0 Å². The third kappa shape index (κ3) is 6.14. The summed E-state index contributed by atoms with van der Waals surface area (Å²) in [5, 5.41) is 11.5. The molecular weight excluding hydrogens is 829 g/mol. The highest BCUT2D eigenvalue weighted by Crippen LogP contribution is 2.44. The Morgan fingerprint density at radius 1 is 0.294 bits per heavy atom. The van der Waals surface area contributed by atoms with Crippen molar-refractivity contribution in [3.05, 3.63) is 231 Å². The van der Waals surface area contributed by atoms with Gasteiger partial charge in [-0.05, 0) is 85.4 Å². The predicted molar refractivity (Wildman–Crippen MR) is 281 cm³/mol. The summed E-state index contributed by atoms with van der Waals surface area (Å²) in [5.41, 5.74) is 12.1. The van der Waals surface area contributed by atoms with Crippen molar-refractivity contribution >= 4 is 76.1 Å². The number of nitrogens with zero attached hydrogens (tertiary/aromatic N) is 4. The topological polar surface area (TPSA) is 56.7 Å². The molecule has 5 heteroatoms. The van der Waals surface area contributed by atoms with Crippen LogP contribution in [-0.4, -0.2) is 19.5 Å². The van der Waals surface area contributed by atoms with Gasteiger partial charge in [0.05, 0.1) is 16.7 Å². The second-order valence-electron chi connectivity index (χ2n) is 17.6. The molecule has 0 fully saturated rings. The maximum atomic E-state index is 6.92. The fraction of sp³-hybridized carbons (Fsp3) is 0. The summed E-state index contributed by atoms with van der Waals surface area (Å²) < 4.78 is 9.33. The fourth-order valence-corrected chi connectivity index (χ4v) is 10.4. The van der Waals surface area contributed by atoms with Crippen molar-refractivity contribution in [1.82, 2.24) is 19.5 Å². The van der Waals surface area contributed by atoms with Gasteiger partial charge in [-0.15, -0.1) is 0 Å². The van der Waals surface area contributed by atoms with Gasteiger partial charge in [0.1, 0.15) is 11.2 Å². The quantitative estimate of drug-likeness (QED) is 0.167. The number of fused-ring (bicyclic) bond motifs is 9. The molecule has 0 amide bonds. The van der Waals surface area contributed by atoms with Gasteiger partial charge in [0.2, 0.25) is 0 Å². The minimum atomic E-state index is 0.573. The summed E-state index contributed by atoms with van der Waals surface area (Å²) in [5.74, 6) is 1.77. The van der Waals surface area contributed by atoms with Gasteiger partial charge in [0, 0.05) is 49.9 Å². The van der Waals surface area contributed by atoms with Gasteiger partial charge in [0.25, 0.3) is 0 Å². The summed E-state index contributed by atoms with van der Waals surface area (Å²) in [7, 11) is 0. The number of benzene rings is 11. The molecule has 0 aliphatic heterocycles. The monoisotopic (exact) mass is 866 g/mol.